The summed E-state index contributed by atoms with van der Waals surface area (Å²) in [6.07, 6.45) is 0. The Balaban J connectivity index is 2.18. The summed E-state index contributed by atoms with van der Waals surface area (Å²) >= 11 is 0. The van der Waals surface area contributed by atoms with Crippen LogP contribution in [0, 0.1) is 5.82 Å². The summed E-state index contributed by atoms with van der Waals surface area (Å²) in [7, 11) is 1.54. The smallest absolute Gasteiger partial charge is 0.238 e. The van der Waals surface area contributed by atoms with E-state index in [1.165, 1.54) is 18.2 Å². The highest BCUT2D eigenvalue weighted by Gasteiger charge is 2.04. The monoisotopic (exact) mass is 283 g/mol. The van der Waals surface area contributed by atoms with Crippen molar-refractivity contribution in [2.24, 2.45) is 0 Å². The predicted octanol–water partition coefficient (Wildman–Crippen LogP) is 0.116. The zero-order valence-electron chi connectivity index (χ0n) is 11.2. The van der Waals surface area contributed by atoms with Crippen LogP contribution in [-0.2, 0) is 14.3 Å². The van der Waals surface area contributed by atoms with Crippen molar-refractivity contribution >= 4 is 17.5 Å². The highest BCUT2D eigenvalue weighted by atomic mass is 19.1. The van der Waals surface area contributed by atoms with Gasteiger partial charge in [0.2, 0.25) is 11.8 Å². The van der Waals surface area contributed by atoms with Crippen LogP contribution < -0.4 is 16.0 Å². The topological polar surface area (TPSA) is 79.5 Å². The number of rotatable bonds is 8. The second-order valence-electron chi connectivity index (χ2n) is 4.00. The van der Waals surface area contributed by atoms with Gasteiger partial charge in [0.25, 0.3) is 0 Å². The molecule has 0 aliphatic rings. The van der Waals surface area contributed by atoms with Crippen LogP contribution in [0.1, 0.15) is 0 Å². The first-order valence-corrected chi connectivity index (χ1v) is 6.13. The van der Waals surface area contributed by atoms with E-state index in [1.807, 2.05) is 0 Å². The lowest BCUT2D eigenvalue weighted by Gasteiger charge is -2.07. The second-order valence-corrected chi connectivity index (χ2v) is 4.00. The Morgan fingerprint density at radius 3 is 2.70 bits per heavy atom. The van der Waals surface area contributed by atoms with Gasteiger partial charge in [0.15, 0.2) is 0 Å². The van der Waals surface area contributed by atoms with Crippen molar-refractivity contribution in [3.05, 3.63) is 30.1 Å². The third-order valence-corrected chi connectivity index (χ3v) is 2.31. The van der Waals surface area contributed by atoms with Gasteiger partial charge in [-0.3, -0.25) is 14.9 Å². The second kappa shape index (κ2) is 9.00. The standard InChI is InChI=1S/C13H18FN3O3/c1-20-6-5-16-12(18)8-15-9-13(19)17-11-4-2-3-10(14)7-11/h2-4,7,15H,5-6,8-9H2,1H3,(H,16,18)(H,17,19). The van der Waals surface area contributed by atoms with E-state index in [0.29, 0.717) is 18.8 Å². The number of carbonyl (C=O) groups is 2. The molecule has 0 heterocycles. The minimum Gasteiger partial charge on any atom is -0.383 e. The van der Waals surface area contributed by atoms with Crippen LogP contribution in [0.4, 0.5) is 10.1 Å². The van der Waals surface area contributed by atoms with E-state index in [0.717, 1.165) is 0 Å². The maximum Gasteiger partial charge on any atom is 0.238 e. The van der Waals surface area contributed by atoms with Gasteiger partial charge in [0, 0.05) is 19.3 Å². The largest absolute Gasteiger partial charge is 0.383 e. The molecular weight excluding hydrogens is 265 g/mol. The number of halogens is 1. The minimum atomic E-state index is -0.423. The van der Waals surface area contributed by atoms with Gasteiger partial charge in [-0.1, -0.05) is 6.07 Å². The van der Waals surface area contributed by atoms with Gasteiger partial charge in [-0.15, -0.1) is 0 Å². The Hall–Kier alpha value is -1.99. The molecule has 6 nitrogen and oxygen atoms in total. The van der Waals surface area contributed by atoms with Crippen LogP contribution in [-0.4, -0.2) is 45.2 Å². The van der Waals surface area contributed by atoms with Crippen LogP contribution in [0.2, 0.25) is 0 Å². The summed E-state index contributed by atoms with van der Waals surface area (Å²) < 4.78 is 17.7. The molecule has 0 fully saturated rings. The maximum absolute atomic E-state index is 12.9. The van der Waals surface area contributed by atoms with E-state index in [9.17, 15) is 14.0 Å². The van der Waals surface area contributed by atoms with Crippen molar-refractivity contribution in [3.8, 4) is 0 Å². The van der Waals surface area contributed by atoms with Crippen molar-refractivity contribution in [2.45, 2.75) is 0 Å². The average molecular weight is 283 g/mol. The normalized spacial score (nSPS) is 10.1. The molecule has 0 aliphatic heterocycles. The third kappa shape index (κ3) is 6.81. The fourth-order valence-corrected chi connectivity index (χ4v) is 1.42. The summed E-state index contributed by atoms with van der Waals surface area (Å²) in [4.78, 5) is 22.8. The quantitative estimate of drug-likeness (QED) is 0.592. The zero-order chi connectivity index (χ0) is 14.8. The van der Waals surface area contributed by atoms with E-state index in [4.69, 9.17) is 4.74 Å². The SMILES string of the molecule is COCCNC(=O)CNCC(=O)Nc1cccc(F)c1. The Bertz CT molecular complexity index is 454. The molecule has 0 aromatic heterocycles. The summed E-state index contributed by atoms with van der Waals surface area (Å²) in [6.45, 7) is 0.854. The van der Waals surface area contributed by atoms with E-state index in [1.54, 1.807) is 13.2 Å². The molecule has 1 rings (SSSR count). The van der Waals surface area contributed by atoms with Gasteiger partial charge in [-0.25, -0.2) is 4.39 Å². The molecule has 20 heavy (non-hydrogen) atoms. The van der Waals surface area contributed by atoms with Crippen LogP contribution in [0.25, 0.3) is 0 Å². The molecule has 0 radical (unpaired) electrons. The number of hydrogen-bond acceptors (Lipinski definition) is 4. The van der Waals surface area contributed by atoms with Crippen molar-refractivity contribution in [1.29, 1.82) is 0 Å². The first kappa shape index (κ1) is 16.1. The van der Waals surface area contributed by atoms with Gasteiger partial charge in [0.1, 0.15) is 5.82 Å². The fraction of sp³-hybridized carbons (Fsp3) is 0.385. The molecule has 0 unspecified atom stereocenters. The number of anilines is 1. The predicted molar refractivity (Wildman–Crippen MR) is 72.8 cm³/mol. The molecule has 0 bridgehead atoms. The van der Waals surface area contributed by atoms with Crippen LogP contribution in [0.5, 0.6) is 0 Å². The van der Waals surface area contributed by atoms with Gasteiger partial charge in [0.05, 0.1) is 19.7 Å². The number of benzene rings is 1. The molecule has 0 saturated carbocycles. The number of hydrogen-bond donors (Lipinski definition) is 3. The summed E-state index contributed by atoms with van der Waals surface area (Å²) in [5.41, 5.74) is 0.376. The van der Waals surface area contributed by atoms with Crippen LogP contribution in [0.15, 0.2) is 24.3 Å². The number of carbonyl (C=O) groups excluding carboxylic acids is 2. The number of ether oxygens (including phenoxy) is 1. The van der Waals surface area contributed by atoms with Gasteiger partial charge < -0.3 is 15.4 Å². The molecule has 3 N–H and O–H groups in total. The lowest BCUT2D eigenvalue weighted by Crippen LogP contribution is -2.38. The Morgan fingerprint density at radius 1 is 1.25 bits per heavy atom. The minimum absolute atomic E-state index is 0.0281. The molecule has 7 heteroatoms. The molecule has 110 valence electrons. The molecule has 2 amide bonds. The Labute approximate surface area is 116 Å². The lowest BCUT2D eigenvalue weighted by molar-refractivity contribution is -0.120. The van der Waals surface area contributed by atoms with Crippen molar-refractivity contribution in [2.75, 3.05) is 38.7 Å². The molecule has 0 aliphatic carbocycles. The first-order valence-electron chi connectivity index (χ1n) is 6.13. The summed E-state index contributed by atoms with van der Waals surface area (Å²) in [5, 5.41) is 7.81. The van der Waals surface area contributed by atoms with Crippen molar-refractivity contribution in [3.63, 3.8) is 0 Å². The van der Waals surface area contributed by atoms with Gasteiger partial charge in [-0.05, 0) is 18.2 Å². The van der Waals surface area contributed by atoms with Gasteiger partial charge in [-0.2, -0.15) is 0 Å². The van der Waals surface area contributed by atoms with E-state index in [2.05, 4.69) is 16.0 Å². The lowest BCUT2D eigenvalue weighted by atomic mass is 10.3. The molecular formula is C13H18FN3O3. The van der Waals surface area contributed by atoms with Crippen LogP contribution >= 0.6 is 0 Å². The molecule has 1 aromatic carbocycles. The number of amides is 2. The summed E-state index contributed by atoms with van der Waals surface area (Å²) in [5.74, 6) is -0.992. The molecule has 1 aromatic rings. The number of methoxy groups -OCH3 is 1. The maximum atomic E-state index is 12.9. The first-order chi connectivity index (χ1) is 9.61. The van der Waals surface area contributed by atoms with Crippen LogP contribution in [0.3, 0.4) is 0 Å². The third-order valence-electron chi connectivity index (χ3n) is 2.31. The average Bonchev–Trinajstić information content (AvgIpc) is 2.39. The van der Waals surface area contributed by atoms with E-state index < -0.39 is 5.82 Å². The molecule has 0 spiro atoms. The molecule has 0 atom stereocenters. The van der Waals surface area contributed by atoms with Crippen molar-refractivity contribution < 1.29 is 18.7 Å². The Kier molecular flexibility index (Phi) is 7.23. The zero-order valence-corrected chi connectivity index (χ0v) is 11.2. The van der Waals surface area contributed by atoms with E-state index >= 15 is 0 Å². The highest BCUT2D eigenvalue weighted by molar-refractivity contribution is 5.92. The van der Waals surface area contributed by atoms with Crippen molar-refractivity contribution in [1.82, 2.24) is 10.6 Å². The fourth-order valence-electron chi connectivity index (χ4n) is 1.42. The Morgan fingerprint density at radius 2 is 2.00 bits per heavy atom. The molecule has 0 saturated heterocycles. The van der Waals surface area contributed by atoms with Gasteiger partial charge >= 0.3 is 0 Å². The highest BCUT2D eigenvalue weighted by Crippen LogP contribution is 2.08. The summed E-state index contributed by atoms with van der Waals surface area (Å²) in [6, 6.07) is 5.59. The number of nitrogens with one attached hydrogen (secondary N) is 3. The van der Waals surface area contributed by atoms with E-state index in [-0.39, 0.29) is 24.9 Å².